The zero-order valence-electron chi connectivity index (χ0n) is 14.6. The van der Waals surface area contributed by atoms with Gasteiger partial charge in [0.05, 0.1) is 24.2 Å². The van der Waals surface area contributed by atoms with Gasteiger partial charge in [-0.3, -0.25) is 4.79 Å². The van der Waals surface area contributed by atoms with E-state index in [-0.39, 0.29) is 23.9 Å². The number of nitrogens with zero attached hydrogens (tertiary/aromatic N) is 2. The quantitative estimate of drug-likeness (QED) is 0.798. The SMILES string of the molecule is COCCNC(=O)[C@@H]1CC[C@H](C)N(C(=O)Nc2ccc(C#N)cc2)C1. The minimum Gasteiger partial charge on any atom is -0.383 e. The summed E-state index contributed by atoms with van der Waals surface area (Å²) in [5.74, 6) is -0.250. The molecule has 0 aliphatic carbocycles. The Morgan fingerprint density at radius 1 is 1.32 bits per heavy atom. The van der Waals surface area contributed by atoms with Crippen LogP contribution in [0.2, 0.25) is 0 Å². The molecule has 1 fully saturated rings. The first-order valence-corrected chi connectivity index (χ1v) is 8.39. The molecule has 1 saturated heterocycles. The summed E-state index contributed by atoms with van der Waals surface area (Å²) in [6, 6.07) is 8.58. The van der Waals surface area contributed by atoms with Crippen LogP contribution in [-0.2, 0) is 9.53 Å². The van der Waals surface area contributed by atoms with E-state index in [0.717, 1.165) is 12.8 Å². The van der Waals surface area contributed by atoms with Crippen LogP contribution in [0, 0.1) is 17.2 Å². The molecule has 0 bridgehead atoms. The summed E-state index contributed by atoms with van der Waals surface area (Å²) in [5, 5.41) is 14.5. The van der Waals surface area contributed by atoms with Crippen molar-refractivity contribution in [1.29, 1.82) is 5.26 Å². The monoisotopic (exact) mass is 344 g/mol. The van der Waals surface area contributed by atoms with Gasteiger partial charge in [-0.1, -0.05) is 0 Å². The largest absolute Gasteiger partial charge is 0.383 e. The van der Waals surface area contributed by atoms with Crippen LogP contribution in [0.25, 0.3) is 0 Å². The molecule has 0 radical (unpaired) electrons. The van der Waals surface area contributed by atoms with Crippen LogP contribution < -0.4 is 10.6 Å². The molecule has 7 heteroatoms. The van der Waals surface area contributed by atoms with Gasteiger partial charge in [-0.25, -0.2) is 4.79 Å². The second-order valence-electron chi connectivity index (χ2n) is 6.18. The van der Waals surface area contributed by atoms with Gasteiger partial charge in [0.15, 0.2) is 0 Å². The van der Waals surface area contributed by atoms with Crippen molar-refractivity contribution in [2.24, 2.45) is 5.92 Å². The van der Waals surface area contributed by atoms with Crippen molar-refractivity contribution in [2.45, 2.75) is 25.8 Å². The highest BCUT2D eigenvalue weighted by atomic mass is 16.5. The third-order valence-corrected chi connectivity index (χ3v) is 4.38. The predicted molar refractivity (Wildman–Crippen MR) is 94.0 cm³/mol. The Balaban J connectivity index is 1.94. The lowest BCUT2D eigenvalue weighted by Crippen LogP contribution is -2.51. The molecule has 25 heavy (non-hydrogen) atoms. The maximum Gasteiger partial charge on any atom is 0.322 e. The number of ether oxygens (including phenoxy) is 1. The molecule has 2 rings (SSSR count). The van der Waals surface area contributed by atoms with Crippen LogP contribution in [0.4, 0.5) is 10.5 Å². The second kappa shape index (κ2) is 9.04. The molecule has 1 aromatic carbocycles. The normalized spacial score (nSPS) is 19.8. The van der Waals surface area contributed by atoms with Crippen molar-refractivity contribution in [3.8, 4) is 6.07 Å². The van der Waals surface area contributed by atoms with Gasteiger partial charge in [-0.2, -0.15) is 5.26 Å². The number of nitrogens with one attached hydrogen (secondary N) is 2. The highest BCUT2D eigenvalue weighted by molar-refractivity contribution is 5.90. The number of piperidine rings is 1. The maximum absolute atomic E-state index is 12.6. The number of hydrogen-bond acceptors (Lipinski definition) is 4. The minimum absolute atomic E-state index is 0.0416. The minimum atomic E-state index is -0.230. The number of amides is 3. The molecule has 7 nitrogen and oxygen atoms in total. The van der Waals surface area contributed by atoms with Crippen LogP contribution in [-0.4, -0.2) is 49.7 Å². The van der Waals surface area contributed by atoms with Gasteiger partial charge in [0, 0.05) is 31.9 Å². The lowest BCUT2D eigenvalue weighted by Gasteiger charge is -2.37. The molecule has 134 valence electrons. The van der Waals surface area contributed by atoms with Crippen LogP contribution in [0.1, 0.15) is 25.3 Å². The fraction of sp³-hybridized carbons (Fsp3) is 0.500. The number of rotatable bonds is 5. The average molecular weight is 344 g/mol. The molecule has 1 heterocycles. The van der Waals surface area contributed by atoms with Crippen molar-refractivity contribution in [3.63, 3.8) is 0 Å². The molecule has 1 aliphatic rings. The Morgan fingerprint density at radius 3 is 2.68 bits per heavy atom. The van der Waals surface area contributed by atoms with E-state index in [2.05, 4.69) is 10.6 Å². The van der Waals surface area contributed by atoms with E-state index in [0.29, 0.717) is 30.9 Å². The Labute approximate surface area is 147 Å². The molecule has 3 amide bonds. The maximum atomic E-state index is 12.6. The smallest absolute Gasteiger partial charge is 0.322 e. The fourth-order valence-electron chi connectivity index (χ4n) is 2.85. The first kappa shape index (κ1) is 18.7. The number of urea groups is 1. The van der Waals surface area contributed by atoms with Crippen molar-refractivity contribution in [2.75, 3.05) is 32.1 Å². The molecule has 0 unspecified atom stereocenters. The Morgan fingerprint density at radius 2 is 2.04 bits per heavy atom. The molecule has 0 spiro atoms. The number of anilines is 1. The number of nitriles is 1. The summed E-state index contributed by atoms with van der Waals surface area (Å²) in [7, 11) is 1.59. The first-order chi connectivity index (χ1) is 12.0. The van der Waals surface area contributed by atoms with Gasteiger partial charge in [0.25, 0.3) is 0 Å². The van der Waals surface area contributed by atoms with Crippen LogP contribution in [0.3, 0.4) is 0 Å². The van der Waals surface area contributed by atoms with Gasteiger partial charge in [-0.05, 0) is 44.0 Å². The zero-order chi connectivity index (χ0) is 18.2. The van der Waals surface area contributed by atoms with E-state index in [1.54, 1.807) is 36.3 Å². The van der Waals surface area contributed by atoms with Gasteiger partial charge in [-0.15, -0.1) is 0 Å². The van der Waals surface area contributed by atoms with E-state index in [1.165, 1.54) is 0 Å². The van der Waals surface area contributed by atoms with E-state index < -0.39 is 0 Å². The topological polar surface area (TPSA) is 94.5 Å². The lowest BCUT2D eigenvalue weighted by molar-refractivity contribution is -0.126. The van der Waals surface area contributed by atoms with Gasteiger partial charge < -0.3 is 20.3 Å². The lowest BCUT2D eigenvalue weighted by atomic mass is 9.93. The number of hydrogen-bond donors (Lipinski definition) is 2. The molecule has 0 aromatic heterocycles. The number of carbonyl (C=O) groups excluding carboxylic acids is 2. The fourth-order valence-corrected chi connectivity index (χ4v) is 2.85. The highest BCUT2D eigenvalue weighted by Gasteiger charge is 2.32. The molecular weight excluding hydrogens is 320 g/mol. The molecule has 1 aliphatic heterocycles. The summed E-state index contributed by atoms with van der Waals surface area (Å²) in [6.45, 7) is 3.32. The van der Waals surface area contributed by atoms with Crippen LogP contribution >= 0.6 is 0 Å². The predicted octanol–water partition coefficient (Wildman–Crippen LogP) is 1.95. The summed E-state index contributed by atoms with van der Waals surface area (Å²) in [4.78, 5) is 26.5. The van der Waals surface area contributed by atoms with Gasteiger partial charge in [0.2, 0.25) is 5.91 Å². The van der Waals surface area contributed by atoms with Crippen molar-refractivity contribution in [3.05, 3.63) is 29.8 Å². The number of methoxy groups -OCH3 is 1. The molecule has 2 N–H and O–H groups in total. The average Bonchev–Trinajstić information content (AvgIpc) is 2.62. The van der Waals surface area contributed by atoms with Crippen molar-refractivity contribution in [1.82, 2.24) is 10.2 Å². The first-order valence-electron chi connectivity index (χ1n) is 8.39. The summed E-state index contributed by atoms with van der Waals surface area (Å²) < 4.78 is 4.93. The third-order valence-electron chi connectivity index (χ3n) is 4.38. The van der Waals surface area contributed by atoms with E-state index in [9.17, 15) is 9.59 Å². The molecule has 2 atom stereocenters. The van der Waals surface area contributed by atoms with E-state index >= 15 is 0 Å². The molecule has 0 saturated carbocycles. The highest BCUT2D eigenvalue weighted by Crippen LogP contribution is 2.23. The summed E-state index contributed by atoms with van der Waals surface area (Å²) >= 11 is 0. The number of likely N-dealkylation sites (tertiary alicyclic amines) is 1. The van der Waals surface area contributed by atoms with E-state index in [4.69, 9.17) is 10.00 Å². The summed E-state index contributed by atoms with van der Waals surface area (Å²) in [5.41, 5.74) is 1.17. The Hall–Kier alpha value is -2.59. The van der Waals surface area contributed by atoms with E-state index in [1.807, 2.05) is 13.0 Å². The number of carbonyl (C=O) groups is 2. The molecule has 1 aromatic rings. The molecular formula is C18H24N4O3. The van der Waals surface area contributed by atoms with Crippen LogP contribution in [0.15, 0.2) is 24.3 Å². The standard InChI is InChI=1S/C18H24N4O3/c1-13-3-6-15(17(23)20-9-10-25-2)12-22(13)18(24)21-16-7-4-14(11-19)5-8-16/h4-5,7-8,13,15H,3,6,9-10,12H2,1-2H3,(H,20,23)(H,21,24)/t13-,15+/m0/s1. The van der Waals surface area contributed by atoms with Crippen LogP contribution in [0.5, 0.6) is 0 Å². The van der Waals surface area contributed by atoms with Gasteiger partial charge >= 0.3 is 6.03 Å². The zero-order valence-corrected chi connectivity index (χ0v) is 14.6. The third kappa shape index (κ3) is 5.19. The Kier molecular flexibility index (Phi) is 6.78. The second-order valence-corrected chi connectivity index (χ2v) is 6.18. The van der Waals surface area contributed by atoms with Gasteiger partial charge in [0.1, 0.15) is 0 Å². The number of benzene rings is 1. The van der Waals surface area contributed by atoms with Crippen molar-refractivity contribution < 1.29 is 14.3 Å². The van der Waals surface area contributed by atoms with Crippen molar-refractivity contribution >= 4 is 17.6 Å². The Bertz CT molecular complexity index is 639. The summed E-state index contributed by atoms with van der Waals surface area (Å²) in [6.07, 6.45) is 1.55.